The summed E-state index contributed by atoms with van der Waals surface area (Å²) in [6.45, 7) is 3.85. The van der Waals surface area contributed by atoms with Gasteiger partial charge in [0.1, 0.15) is 0 Å². The van der Waals surface area contributed by atoms with Crippen LogP contribution in [0.4, 0.5) is 5.69 Å². The molecule has 1 rings (SSSR count). The highest BCUT2D eigenvalue weighted by molar-refractivity contribution is 5.55. The van der Waals surface area contributed by atoms with E-state index < -0.39 is 0 Å². The average molecular weight is 214 g/mol. The van der Waals surface area contributed by atoms with Crippen molar-refractivity contribution in [2.45, 2.75) is 13.0 Å². The van der Waals surface area contributed by atoms with Crippen LogP contribution in [-0.4, -0.2) is 12.2 Å². The number of rotatable bonds is 5. The zero-order valence-corrected chi connectivity index (χ0v) is 8.64. The highest BCUT2D eigenvalue weighted by Gasteiger charge is 2.01. The Morgan fingerprint density at radius 2 is 2.12 bits per heavy atom. The SMILES string of the molecule is C=CCc1ccc(CN=C=O)cc1N=C=O. The van der Waals surface area contributed by atoms with Crippen molar-refractivity contribution >= 4 is 17.8 Å². The molecule has 4 nitrogen and oxygen atoms in total. The van der Waals surface area contributed by atoms with Crippen molar-refractivity contribution in [2.24, 2.45) is 9.98 Å². The molecule has 0 saturated heterocycles. The molecule has 0 aliphatic rings. The van der Waals surface area contributed by atoms with Crippen LogP contribution in [0, 0.1) is 0 Å². The van der Waals surface area contributed by atoms with Crippen LogP contribution in [0.15, 0.2) is 40.8 Å². The Morgan fingerprint density at radius 1 is 1.31 bits per heavy atom. The summed E-state index contributed by atoms with van der Waals surface area (Å²) in [5.74, 6) is 0. The van der Waals surface area contributed by atoms with Gasteiger partial charge in [0, 0.05) is 0 Å². The summed E-state index contributed by atoms with van der Waals surface area (Å²) < 4.78 is 0. The predicted octanol–water partition coefficient (Wildman–Crippen LogP) is 2.22. The van der Waals surface area contributed by atoms with E-state index in [0.717, 1.165) is 11.1 Å². The Morgan fingerprint density at radius 3 is 2.75 bits per heavy atom. The van der Waals surface area contributed by atoms with Gasteiger partial charge in [-0.15, -0.1) is 6.58 Å². The fourth-order valence-corrected chi connectivity index (χ4v) is 1.31. The summed E-state index contributed by atoms with van der Waals surface area (Å²) in [4.78, 5) is 27.3. The van der Waals surface area contributed by atoms with Gasteiger partial charge in [0.2, 0.25) is 12.2 Å². The number of carbonyl (C=O) groups excluding carboxylic acids is 2. The third-order valence-electron chi connectivity index (χ3n) is 2.01. The third-order valence-corrected chi connectivity index (χ3v) is 2.01. The Labute approximate surface area is 93.0 Å². The molecular formula is C12H10N2O2. The molecule has 4 heteroatoms. The lowest BCUT2D eigenvalue weighted by molar-refractivity contribution is 0.562. The normalized spacial score (nSPS) is 8.75. The molecule has 1 aromatic rings. The molecule has 0 spiro atoms. The number of allylic oxidation sites excluding steroid dienone is 1. The van der Waals surface area contributed by atoms with Gasteiger partial charge in [0.15, 0.2) is 0 Å². The van der Waals surface area contributed by atoms with E-state index in [1.165, 1.54) is 12.2 Å². The lowest BCUT2D eigenvalue weighted by Gasteiger charge is -2.03. The summed E-state index contributed by atoms with van der Waals surface area (Å²) >= 11 is 0. The van der Waals surface area contributed by atoms with Crippen LogP contribution < -0.4 is 0 Å². The van der Waals surface area contributed by atoms with Gasteiger partial charge < -0.3 is 0 Å². The van der Waals surface area contributed by atoms with Crippen molar-refractivity contribution in [1.29, 1.82) is 0 Å². The molecular weight excluding hydrogens is 204 g/mol. The van der Waals surface area contributed by atoms with E-state index in [1.807, 2.05) is 12.1 Å². The Hall–Kier alpha value is -2.28. The molecule has 0 fully saturated rings. The molecule has 0 amide bonds. The highest BCUT2D eigenvalue weighted by atomic mass is 16.1. The fourth-order valence-electron chi connectivity index (χ4n) is 1.31. The van der Waals surface area contributed by atoms with E-state index in [0.29, 0.717) is 12.1 Å². The van der Waals surface area contributed by atoms with E-state index in [9.17, 15) is 9.59 Å². The smallest absolute Gasteiger partial charge is 0.211 e. The summed E-state index contributed by atoms with van der Waals surface area (Å²) in [5, 5.41) is 0. The van der Waals surface area contributed by atoms with Crippen LogP contribution in [-0.2, 0) is 22.6 Å². The van der Waals surface area contributed by atoms with Crippen LogP contribution >= 0.6 is 0 Å². The molecule has 0 saturated carbocycles. The van der Waals surface area contributed by atoms with E-state index in [1.54, 1.807) is 12.1 Å². The number of aliphatic imine (C=N–C) groups is 2. The van der Waals surface area contributed by atoms with Gasteiger partial charge >= 0.3 is 0 Å². The fraction of sp³-hybridized carbons (Fsp3) is 0.167. The molecule has 80 valence electrons. The van der Waals surface area contributed by atoms with Crippen LogP contribution in [0.25, 0.3) is 0 Å². The highest BCUT2D eigenvalue weighted by Crippen LogP contribution is 2.21. The predicted molar refractivity (Wildman–Crippen MR) is 60.0 cm³/mol. The Kier molecular flexibility index (Phi) is 4.61. The molecule has 0 N–H and O–H groups in total. The minimum absolute atomic E-state index is 0.235. The molecule has 0 aliphatic carbocycles. The number of benzene rings is 1. The quantitative estimate of drug-likeness (QED) is 0.428. The van der Waals surface area contributed by atoms with Crippen molar-refractivity contribution in [3.05, 3.63) is 42.0 Å². The molecule has 1 aromatic carbocycles. The van der Waals surface area contributed by atoms with Gasteiger partial charge in [-0.1, -0.05) is 18.2 Å². The van der Waals surface area contributed by atoms with Crippen LogP contribution in [0.2, 0.25) is 0 Å². The molecule has 0 unspecified atom stereocenters. The first kappa shape index (κ1) is 11.8. The first-order valence-corrected chi connectivity index (χ1v) is 4.66. The zero-order chi connectivity index (χ0) is 11.8. The topological polar surface area (TPSA) is 58.9 Å². The molecule has 0 atom stereocenters. The molecule has 0 aromatic heterocycles. The standard InChI is InChI=1S/C12H10N2O2/c1-2-3-11-5-4-10(7-13-8-15)6-12(11)14-9-16/h2,4-6H,1,3,7H2. The molecule has 0 bridgehead atoms. The van der Waals surface area contributed by atoms with Gasteiger partial charge in [-0.2, -0.15) is 4.99 Å². The van der Waals surface area contributed by atoms with E-state index in [4.69, 9.17) is 0 Å². The van der Waals surface area contributed by atoms with E-state index in [-0.39, 0.29) is 6.54 Å². The Bertz CT molecular complexity index is 482. The minimum atomic E-state index is 0.235. The van der Waals surface area contributed by atoms with Crippen molar-refractivity contribution in [1.82, 2.24) is 0 Å². The number of hydrogen-bond donors (Lipinski definition) is 0. The zero-order valence-electron chi connectivity index (χ0n) is 8.64. The summed E-state index contributed by atoms with van der Waals surface area (Å²) in [6, 6.07) is 5.35. The summed E-state index contributed by atoms with van der Waals surface area (Å²) in [6.07, 6.45) is 5.30. The van der Waals surface area contributed by atoms with Gasteiger partial charge in [0.25, 0.3) is 0 Å². The average Bonchev–Trinajstić information content (AvgIpc) is 2.30. The molecule has 0 heterocycles. The second-order valence-electron chi connectivity index (χ2n) is 3.07. The van der Waals surface area contributed by atoms with Crippen molar-refractivity contribution in [3.63, 3.8) is 0 Å². The van der Waals surface area contributed by atoms with Gasteiger partial charge in [-0.05, 0) is 23.6 Å². The Balaban J connectivity index is 3.10. The van der Waals surface area contributed by atoms with Crippen molar-refractivity contribution in [2.75, 3.05) is 0 Å². The van der Waals surface area contributed by atoms with Gasteiger partial charge in [-0.3, -0.25) is 0 Å². The maximum absolute atomic E-state index is 10.3. The van der Waals surface area contributed by atoms with Crippen molar-refractivity contribution in [3.8, 4) is 0 Å². The lowest BCUT2D eigenvalue weighted by Crippen LogP contribution is -1.86. The van der Waals surface area contributed by atoms with Gasteiger partial charge in [0.05, 0.1) is 12.2 Å². The van der Waals surface area contributed by atoms with E-state index in [2.05, 4.69) is 16.6 Å². The number of isocyanates is 2. The maximum Gasteiger partial charge on any atom is 0.240 e. The molecule has 0 radical (unpaired) electrons. The number of nitrogens with zero attached hydrogens (tertiary/aromatic N) is 2. The first-order valence-electron chi connectivity index (χ1n) is 4.66. The minimum Gasteiger partial charge on any atom is -0.211 e. The van der Waals surface area contributed by atoms with Crippen LogP contribution in [0.3, 0.4) is 0 Å². The van der Waals surface area contributed by atoms with Crippen molar-refractivity contribution < 1.29 is 9.59 Å². The third kappa shape index (κ3) is 3.14. The van der Waals surface area contributed by atoms with Crippen LogP contribution in [0.5, 0.6) is 0 Å². The monoisotopic (exact) mass is 214 g/mol. The van der Waals surface area contributed by atoms with Crippen LogP contribution in [0.1, 0.15) is 11.1 Å². The summed E-state index contributed by atoms with van der Waals surface area (Å²) in [5.41, 5.74) is 2.22. The lowest BCUT2D eigenvalue weighted by atomic mass is 10.1. The first-order chi connectivity index (χ1) is 7.81. The largest absolute Gasteiger partial charge is 0.240 e. The maximum atomic E-state index is 10.3. The molecule has 0 aliphatic heterocycles. The second kappa shape index (κ2) is 6.25. The second-order valence-corrected chi connectivity index (χ2v) is 3.07. The van der Waals surface area contributed by atoms with E-state index >= 15 is 0 Å². The van der Waals surface area contributed by atoms with Gasteiger partial charge in [-0.25, -0.2) is 14.6 Å². The molecule has 16 heavy (non-hydrogen) atoms. The number of hydrogen-bond acceptors (Lipinski definition) is 4. The summed E-state index contributed by atoms with van der Waals surface area (Å²) in [7, 11) is 0.